The lowest BCUT2D eigenvalue weighted by molar-refractivity contribution is -0.0168. The molecule has 2 saturated heterocycles. The Balaban J connectivity index is 1.20. The van der Waals surface area contributed by atoms with Gasteiger partial charge in [-0.05, 0) is 62.6 Å². The fourth-order valence-corrected chi connectivity index (χ4v) is 4.34. The summed E-state index contributed by atoms with van der Waals surface area (Å²) >= 11 is 0. The second-order valence-electron chi connectivity index (χ2n) is 9.17. The number of urea groups is 1. The van der Waals surface area contributed by atoms with Gasteiger partial charge in [-0.1, -0.05) is 29.8 Å². The van der Waals surface area contributed by atoms with Crippen LogP contribution in [0, 0.1) is 6.92 Å². The lowest BCUT2D eigenvalue weighted by Crippen LogP contribution is -2.37. The molecule has 0 aliphatic carbocycles. The Kier molecular flexibility index (Phi) is 7.73. The van der Waals surface area contributed by atoms with Crippen molar-refractivity contribution in [2.24, 2.45) is 0 Å². The molecule has 7 heteroatoms. The van der Waals surface area contributed by atoms with Crippen molar-refractivity contribution in [3.05, 3.63) is 59.7 Å². The van der Waals surface area contributed by atoms with Crippen molar-refractivity contribution in [1.29, 1.82) is 0 Å². The van der Waals surface area contributed by atoms with Gasteiger partial charge in [0.05, 0.1) is 12.1 Å². The Bertz CT molecular complexity index is 903. The number of amides is 2. The van der Waals surface area contributed by atoms with E-state index < -0.39 is 5.60 Å². The number of hydrogen-bond acceptors (Lipinski definition) is 5. The summed E-state index contributed by atoms with van der Waals surface area (Å²) in [6, 6.07) is 16.1. The van der Waals surface area contributed by atoms with Crippen LogP contribution in [0.1, 0.15) is 30.4 Å². The molecule has 2 aliphatic heterocycles. The molecule has 2 aromatic rings. The van der Waals surface area contributed by atoms with Crippen LogP contribution >= 0.6 is 0 Å². The zero-order valence-electron chi connectivity index (χ0n) is 19.5. The molecule has 2 amide bonds. The van der Waals surface area contributed by atoms with Crippen molar-refractivity contribution in [3.8, 4) is 11.5 Å². The zero-order chi connectivity index (χ0) is 23.1. The molecule has 2 aliphatic rings. The van der Waals surface area contributed by atoms with Crippen LogP contribution < -0.4 is 14.8 Å². The molecule has 2 N–H and O–H groups in total. The number of likely N-dealkylation sites (tertiary alicyclic amines) is 1. The van der Waals surface area contributed by atoms with E-state index in [1.807, 2.05) is 36.4 Å². The van der Waals surface area contributed by atoms with Gasteiger partial charge in [0.25, 0.3) is 0 Å². The first-order valence-corrected chi connectivity index (χ1v) is 11.9. The largest absolute Gasteiger partial charge is 0.492 e. The SMILES string of the molecule is Cc1ccc(OCC2(O)CCCN(Cc3ccc(OCCN4CCNC4=O)cc3)CC2)cc1. The van der Waals surface area contributed by atoms with Gasteiger partial charge >= 0.3 is 6.03 Å². The Labute approximate surface area is 196 Å². The first kappa shape index (κ1) is 23.4. The number of nitrogens with one attached hydrogen (secondary N) is 1. The van der Waals surface area contributed by atoms with Crippen molar-refractivity contribution in [2.45, 2.75) is 38.3 Å². The van der Waals surface area contributed by atoms with Crippen LogP contribution in [-0.2, 0) is 6.54 Å². The Hall–Kier alpha value is -2.77. The van der Waals surface area contributed by atoms with Crippen LogP contribution in [0.25, 0.3) is 0 Å². The maximum absolute atomic E-state index is 11.6. The quantitative estimate of drug-likeness (QED) is 0.610. The van der Waals surface area contributed by atoms with Gasteiger partial charge in [0, 0.05) is 26.2 Å². The van der Waals surface area contributed by atoms with Gasteiger partial charge in [-0.25, -0.2) is 4.79 Å². The summed E-state index contributed by atoms with van der Waals surface area (Å²) in [5.74, 6) is 1.62. The first-order chi connectivity index (χ1) is 16.0. The Morgan fingerprint density at radius 1 is 0.970 bits per heavy atom. The van der Waals surface area contributed by atoms with Crippen molar-refractivity contribution in [1.82, 2.24) is 15.1 Å². The van der Waals surface area contributed by atoms with Gasteiger partial charge in [0.2, 0.25) is 0 Å². The molecule has 0 radical (unpaired) electrons. The molecule has 178 valence electrons. The average Bonchev–Trinajstić information content (AvgIpc) is 3.13. The van der Waals surface area contributed by atoms with Crippen LogP contribution in [0.5, 0.6) is 11.5 Å². The lowest BCUT2D eigenvalue weighted by atomic mass is 9.96. The standard InChI is InChI=1S/C26H35N3O4/c1-21-3-7-24(8-4-21)33-20-26(31)11-2-14-28(15-12-26)19-22-5-9-23(10-6-22)32-18-17-29-16-13-27-25(29)30/h3-10,31H,2,11-20H2,1H3,(H,27,30). The van der Waals surface area contributed by atoms with Crippen LogP contribution in [-0.4, -0.2) is 72.5 Å². The molecule has 2 aromatic carbocycles. The summed E-state index contributed by atoms with van der Waals surface area (Å²) in [5, 5.41) is 13.9. The molecular formula is C26H35N3O4. The molecule has 0 bridgehead atoms. The minimum Gasteiger partial charge on any atom is -0.492 e. The van der Waals surface area contributed by atoms with E-state index in [9.17, 15) is 9.90 Å². The van der Waals surface area contributed by atoms with E-state index in [1.165, 1.54) is 11.1 Å². The number of rotatable bonds is 9. The molecule has 0 spiro atoms. The smallest absolute Gasteiger partial charge is 0.317 e. The number of benzene rings is 2. The normalized spacial score (nSPS) is 21.5. The summed E-state index contributed by atoms with van der Waals surface area (Å²) in [4.78, 5) is 15.7. The zero-order valence-corrected chi connectivity index (χ0v) is 19.5. The molecule has 0 saturated carbocycles. The lowest BCUT2D eigenvalue weighted by Gasteiger charge is -2.27. The molecule has 7 nitrogen and oxygen atoms in total. The molecule has 33 heavy (non-hydrogen) atoms. The monoisotopic (exact) mass is 453 g/mol. The number of aliphatic hydroxyl groups is 1. The van der Waals surface area contributed by atoms with Gasteiger partial charge in [-0.15, -0.1) is 0 Å². The van der Waals surface area contributed by atoms with Gasteiger partial charge in [0.1, 0.15) is 24.7 Å². The van der Waals surface area contributed by atoms with Crippen LogP contribution in [0.4, 0.5) is 4.79 Å². The second kappa shape index (κ2) is 10.9. The van der Waals surface area contributed by atoms with Crippen LogP contribution in [0.2, 0.25) is 0 Å². The maximum atomic E-state index is 11.6. The van der Waals surface area contributed by atoms with Crippen LogP contribution in [0.15, 0.2) is 48.5 Å². The third-order valence-corrected chi connectivity index (χ3v) is 6.44. The van der Waals surface area contributed by atoms with Crippen LogP contribution in [0.3, 0.4) is 0 Å². The Morgan fingerprint density at radius 3 is 2.42 bits per heavy atom. The van der Waals surface area contributed by atoms with Crippen molar-refractivity contribution in [2.75, 3.05) is 45.9 Å². The van der Waals surface area contributed by atoms with E-state index in [0.29, 0.717) is 32.7 Å². The fraction of sp³-hybridized carbons (Fsp3) is 0.500. The van der Waals surface area contributed by atoms with Crippen molar-refractivity contribution in [3.63, 3.8) is 0 Å². The number of carbonyl (C=O) groups is 1. The van der Waals surface area contributed by atoms with E-state index in [1.54, 1.807) is 4.90 Å². The highest BCUT2D eigenvalue weighted by Crippen LogP contribution is 2.25. The van der Waals surface area contributed by atoms with E-state index in [-0.39, 0.29) is 6.03 Å². The van der Waals surface area contributed by atoms with Gasteiger partial charge in [0.15, 0.2) is 0 Å². The third-order valence-electron chi connectivity index (χ3n) is 6.44. The highest BCUT2D eigenvalue weighted by molar-refractivity contribution is 5.76. The molecule has 2 heterocycles. The van der Waals surface area contributed by atoms with E-state index in [4.69, 9.17) is 9.47 Å². The minimum atomic E-state index is -0.788. The highest BCUT2D eigenvalue weighted by Gasteiger charge is 2.31. The van der Waals surface area contributed by atoms with Gasteiger partial charge < -0.3 is 24.8 Å². The van der Waals surface area contributed by atoms with E-state index in [2.05, 4.69) is 29.3 Å². The summed E-state index contributed by atoms with van der Waals surface area (Å²) < 4.78 is 11.7. The molecule has 0 aromatic heterocycles. The number of carbonyl (C=O) groups excluding carboxylic acids is 1. The fourth-order valence-electron chi connectivity index (χ4n) is 4.34. The molecule has 2 fully saturated rings. The minimum absolute atomic E-state index is 0.0139. The second-order valence-corrected chi connectivity index (χ2v) is 9.17. The summed E-state index contributed by atoms with van der Waals surface area (Å²) in [7, 11) is 0. The van der Waals surface area contributed by atoms with Crippen molar-refractivity contribution >= 4 is 6.03 Å². The molecular weight excluding hydrogens is 418 g/mol. The topological polar surface area (TPSA) is 74.3 Å². The third kappa shape index (κ3) is 6.85. The number of ether oxygens (including phenoxy) is 2. The number of aryl methyl sites for hydroxylation is 1. The predicted molar refractivity (Wildman–Crippen MR) is 128 cm³/mol. The molecule has 4 rings (SSSR count). The number of hydrogen-bond donors (Lipinski definition) is 2. The average molecular weight is 454 g/mol. The highest BCUT2D eigenvalue weighted by atomic mass is 16.5. The van der Waals surface area contributed by atoms with Gasteiger partial charge in [-0.2, -0.15) is 0 Å². The maximum Gasteiger partial charge on any atom is 0.317 e. The summed E-state index contributed by atoms with van der Waals surface area (Å²) in [5.41, 5.74) is 1.63. The van der Waals surface area contributed by atoms with E-state index in [0.717, 1.165) is 50.5 Å². The van der Waals surface area contributed by atoms with E-state index >= 15 is 0 Å². The first-order valence-electron chi connectivity index (χ1n) is 11.9. The summed E-state index contributed by atoms with van der Waals surface area (Å²) in [6.45, 7) is 7.56. The molecule has 1 unspecified atom stereocenters. The van der Waals surface area contributed by atoms with Crippen molar-refractivity contribution < 1.29 is 19.4 Å². The predicted octanol–water partition coefficient (Wildman–Crippen LogP) is 3.20. The number of nitrogens with zero attached hydrogens (tertiary/aromatic N) is 2. The Morgan fingerprint density at radius 2 is 1.70 bits per heavy atom. The summed E-state index contributed by atoms with van der Waals surface area (Å²) in [6.07, 6.45) is 2.39. The van der Waals surface area contributed by atoms with Gasteiger partial charge in [-0.3, -0.25) is 4.90 Å². The molecule has 1 atom stereocenters.